The predicted octanol–water partition coefficient (Wildman–Crippen LogP) is 1.41. The Kier molecular flexibility index (Phi) is 8.78. The topological polar surface area (TPSA) is 171 Å². The number of aliphatic hydroxyl groups excluding tert-OH is 2. The van der Waals surface area contributed by atoms with Crippen LogP contribution in [-0.2, 0) is 16.1 Å². The van der Waals surface area contributed by atoms with Gasteiger partial charge in [0.25, 0.3) is 5.56 Å². The van der Waals surface area contributed by atoms with Crippen molar-refractivity contribution < 1.29 is 34.0 Å². The fourth-order valence-corrected chi connectivity index (χ4v) is 5.50. The Morgan fingerprint density at radius 2 is 1.93 bits per heavy atom. The normalized spacial score (nSPS) is 13.8. The van der Waals surface area contributed by atoms with Crippen LogP contribution in [-0.4, -0.2) is 71.8 Å². The Morgan fingerprint density at radius 3 is 2.55 bits per heavy atom. The first-order valence-electron chi connectivity index (χ1n) is 12.2. The van der Waals surface area contributed by atoms with Crippen molar-refractivity contribution in [2.45, 2.75) is 45.1 Å². The molecule has 1 aromatic carbocycles. The summed E-state index contributed by atoms with van der Waals surface area (Å²) in [5.41, 5.74) is -1.02. The van der Waals surface area contributed by atoms with E-state index in [4.69, 9.17) is 9.47 Å². The molecule has 0 aliphatic heterocycles. The summed E-state index contributed by atoms with van der Waals surface area (Å²) >= 11 is 1.05. The number of aromatic nitrogens is 5. The summed E-state index contributed by atoms with van der Waals surface area (Å²) in [6, 6.07) is 2.28. The molecule has 3 heterocycles. The Labute approximate surface area is 230 Å². The highest BCUT2D eigenvalue weighted by molar-refractivity contribution is 7.21. The second kappa shape index (κ2) is 12.1. The molecule has 40 heavy (non-hydrogen) atoms. The molecule has 0 aliphatic carbocycles. The molecule has 0 spiro atoms. The first-order valence-corrected chi connectivity index (χ1v) is 13.0. The quantitative estimate of drug-likeness (QED) is 0.224. The summed E-state index contributed by atoms with van der Waals surface area (Å²) in [4.78, 5) is 40.7. The number of aliphatic hydroxyl groups is 2. The molecule has 0 saturated heterocycles. The van der Waals surface area contributed by atoms with Crippen LogP contribution in [0.3, 0.4) is 0 Å². The molecule has 0 fully saturated rings. The number of carboxylic acids is 1. The van der Waals surface area contributed by atoms with Gasteiger partial charge in [-0.1, -0.05) is 11.3 Å². The van der Waals surface area contributed by atoms with Gasteiger partial charge in [0.15, 0.2) is 0 Å². The number of hydrogen-bond donors (Lipinski definition) is 3. The van der Waals surface area contributed by atoms with Gasteiger partial charge < -0.3 is 24.8 Å². The lowest BCUT2D eigenvalue weighted by Crippen LogP contribution is -2.44. The number of halogens is 1. The first kappa shape index (κ1) is 29.1. The van der Waals surface area contributed by atoms with Gasteiger partial charge in [0.2, 0.25) is 0 Å². The summed E-state index contributed by atoms with van der Waals surface area (Å²) < 4.78 is 27.6. The number of nitrogens with zero attached hydrogens (tertiary/aromatic N) is 5. The molecule has 0 aliphatic rings. The molecule has 0 radical (unpaired) electrons. The highest BCUT2D eigenvalue weighted by Gasteiger charge is 2.28. The Hall–Kier alpha value is -3.92. The molecule has 4 rings (SSSR count). The highest BCUT2D eigenvalue weighted by atomic mass is 32.1. The van der Waals surface area contributed by atoms with Crippen molar-refractivity contribution in [3.8, 4) is 10.8 Å². The fourth-order valence-electron chi connectivity index (χ4n) is 4.28. The van der Waals surface area contributed by atoms with Crippen LogP contribution in [0.15, 0.2) is 40.2 Å². The third kappa shape index (κ3) is 5.54. The van der Waals surface area contributed by atoms with Crippen LogP contribution in [0.5, 0.6) is 5.75 Å². The van der Waals surface area contributed by atoms with Crippen molar-refractivity contribution >= 4 is 27.5 Å². The van der Waals surface area contributed by atoms with Gasteiger partial charge in [-0.3, -0.25) is 9.36 Å². The fraction of sp³-hybridized carbons (Fsp3) is 0.400. The van der Waals surface area contributed by atoms with E-state index in [1.165, 1.54) is 54.0 Å². The highest BCUT2D eigenvalue weighted by Crippen LogP contribution is 2.34. The van der Waals surface area contributed by atoms with Crippen LogP contribution in [0.4, 0.5) is 4.39 Å². The number of ether oxygens (including phenoxy) is 2. The van der Waals surface area contributed by atoms with Crippen molar-refractivity contribution in [2.24, 2.45) is 0 Å². The molecule has 3 N–H and O–H groups in total. The summed E-state index contributed by atoms with van der Waals surface area (Å²) in [5, 5.41) is 37.4. The van der Waals surface area contributed by atoms with E-state index in [1.807, 2.05) is 0 Å². The van der Waals surface area contributed by atoms with Gasteiger partial charge >= 0.3 is 11.7 Å². The van der Waals surface area contributed by atoms with Gasteiger partial charge in [0.05, 0.1) is 50.8 Å². The van der Waals surface area contributed by atoms with Crippen LogP contribution in [0.2, 0.25) is 0 Å². The van der Waals surface area contributed by atoms with E-state index >= 15 is 0 Å². The number of carbonyl (C=O) groups is 1. The van der Waals surface area contributed by atoms with Gasteiger partial charge in [-0.25, -0.2) is 18.5 Å². The maximum atomic E-state index is 14.4. The molecular weight excluding hydrogens is 549 g/mol. The number of methoxy groups -OCH3 is 1. The van der Waals surface area contributed by atoms with Crippen LogP contribution in [0.25, 0.3) is 15.2 Å². The average molecular weight is 578 g/mol. The van der Waals surface area contributed by atoms with Gasteiger partial charge in [0.1, 0.15) is 33.5 Å². The number of benzene rings is 1. The van der Waals surface area contributed by atoms with Crippen LogP contribution >= 0.6 is 11.3 Å². The zero-order valence-corrected chi connectivity index (χ0v) is 22.7. The SMILES string of the molecule is COc1ccc(F)cc1[C@H](Cn1c(=O)n(C(C)C(=O)O)c(=O)c2c(C)c(-n3nccn3)sc21)OCCC(O)CO. The van der Waals surface area contributed by atoms with Crippen molar-refractivity contribution in [3.63, 3.8) is 0 Å². The minimum atomic E-state index is -1.50. The number of rotatable bonds is 12. The number of fused-ring (bicyclic) bond motifs is 1. The van der Waals surface area contributed by atoms with Crippen LogP contribution in [0, 0.1) is 12.7 Å². The maximum Gasteiger partial charge on any atom is 0.333 e. The van der Waals surface area contributed by atoms with Gasteiger partial charge in [-0.05, 0) is 38.5 Å². The summed E-state index contributed by atoms with van der Waals surface area (Å²) in [7, 11) is 1.38. The number of aryl methyl sites for hydroxylation is 1. The smallest absolute Gasteiger partial charge is 0.333 e. The number of aliphatic carboxylic acids is 1. The van der Waals surface area contributed by atoms with E-state index in [1.54, 1.807) is 6.92 Å². The van der Waals surface area contributed by atoms with Crippen molar-refractivity contribution in [1.82, 2.24) is 24.1 Å². The van der Waals surface area contributed by atoms with Crippen molar-refractivity contribution in [2.75, 3.05) is 20.3 Å². The lowest BCUT2D eigenvalue weighted by Gasteiger charge is -2.23. The standard InChI is InChI=1S/C25H28FN5O8S/c1-13-20-21(34)30(14(2)24(35)36)25(37)29(23(20)40-22(13)31-27-7-8-28-31)11-19(39-9-6-16(33)12-32)17-10-15(26)4-5-18(17)38-3/h4-5,7-8,10,14,16,19,32-33H,6,9,11-12H2,1-3H3,(H,35,36)/t14?,16?,19-/m0/s1. The average Bonchev–Trinajstić information content (AvgIpc) is 3.57. The third-order valence-electron chi connectivity index (χ3n) is 6.43. The molecule has 2 unspecified atom stereocenters. The molecule has 13 nitrogen and oxygen atoms in total. The maximum absolute atomic E-state index is 14.4. The molecule has 15 heteroatoms. The number of hydrogen-bond acceptors (Lipinski definition) is 10. The molecule has 0 amide bonds. The molecule has 4 aromatic rings. The van der Waals surface area contributed by atoms with Crippen LogP contribution in [0.1, 0.15) is 36.6 Å². The Morgan fingerprint density at radius 1 is 1.23 bits per heavy atom. The Balaban J connectivity index is 1.95. The summed E-state index contributed by atoms with van der Waals surface area (Å²) in [5.74, 6) is -1.72. The first-order chi connectivity index (χ1) is 19.1. The van der Waals surface area contributed by atoms with E-state index in [9.17, 15) is 34.1 Å². The molecule has 3 atom stereocenters. The molecule has 214 valence electrons. The molecular formula is C25H28FN5O8S. The third-order valence-corrected chi connectivity index (χ3v) is 7.71. The minimum absolute atomic E-state index is 0.0394. The van der Waals surface area contributed by atoms with Gasteiger partial charge in [-0.2, -0.15) is 10.2 Å². The summed E-state index contributed by atoms with van der Waals surface area (Å²) in [6.45, 7) is 2.01. The Bertz CT molecular complexity index is 1630. The second-order valence-electron chi connectivity index (χ2n) is 8.98. The monoisotopic (exact) mass is 577 g/mol. The van der Waals surface area contributed by atoms with Crippen LogP contribution < -0.4 is 16.0 Å². The lowest BCUT2D eigenvalue weighted by atomic mass is 10.1. The van der Waals surface area contributed by atoms with E-state index in [0.29, 0.717) is 15.1 Å². The predicted molar refractivity (Wildman–Crippen MR) is 142 cm³/mol. The second-order valence-corrected chi connectivity index (χ2v) is 9.96. The number of thiophene rings is 1. The summed E-state index contributed by atoms with van der Waals surface area (Å²) in [6.07, 6.45) is 0.826. The van der Waals surface area contributed by atoms with Gasteiger partial charge in [-0.15, -0.1) is 4.80 Å². The van der Waals surface area contributed by atoms with Crippen molar-refractivity contribution in [3.05, 3.63) is 68.4 Å². The van der Waals surface area contributed by atoms with E-state index < -0.39 is 47.9 Å². The van der Waals surface area contributed by atoms with E-state index in [2.05, 4.69) is 10.2 Å². The molecule has 3 aromatic heterocycles. The minimum Gasteiger partial charge on any atom is -0.496 e. The molecule has 0 saturated carbocycles. The molecule has 0 bridgehead atoms. The van der Waals surface area contributed by atoms with Gasteiger partial charge in [0, 0.05) is 11.1 Å². The van der Waals surface area contributed by atoms with E-state index in [-0.39, 0.29) is 41.1 Å². The largest absolute Gasteiger partial charge is 0.496 e. The zero-order valence-electron chi connectivity index (χ0n) is 21.9. The number of carboxylic acid groups (broad SMARTS) is 1. The lowest BCUT2D eigenvalue weighted by molar-refractivity contribution is -0.140. The van der Waals surface area contributed by atoms with Crippen molar-refractivity contribution in [1.29, 1.82) is 0 Å². The van der Waals surface area contributed by atoms with E-state index in [0.717, 1.165) is 11.3 Å². The zero-order chi connectivity index (χ0) is 29.1.